The molecular formula is C20H27BrN2O2. The SMILES string of the molecule is Br.CN(C(=O)CCCN1CCCCC1)c1cccc2ccc(O)cc12. The van der Waals surface area contributed by atoms with Gasteiger partial charge in [-0.25, -0.2) is 0 Å². The Balaban J connectivity index is 0.00000225. The zero-order valence-corrected chi connectivity index (χ0v) is 16.5. The minimum absolute atomic E-state index is 0. The summed E-state index contributed by atoms with van der Waals surface area (Å²) >= 11 is 0. The van der Waals surface area contributed by atoms with Crippen LogP contribution in [0, 0.1) is 0 Å². The fraction of sp³-hybridized carbons (Fsp3) is 0.450. The van der Waals surface area contributed by atoms with Crippen molar-refractivity contribution in [3.8, 4) is 5.75 Å². The minimum Gasteiger partial charge on any atom is -0.508 e. The maximum Gasteiger partial charge on any atom is 0.226 e. The van der Waals surface area contributed by atoms with Crippen molar-refractivity contribution in [3.05, 3.63) is 36.4 Å². The third-order valence-corrected chi connectivity index (χ3v) is 4.89. The molecule has 136 valence electrons. The molecule has 0 radical (unpaired) electrons. The Bertz CT molecular complexity index is 714. The molecule has 25 heavy (non-hydrogen) atoms. The summed E-state index contributed by atoms with van der Waals surface area (Å²) in [6.45, 7) is 3.36. The van der Waals surface area contributed by atoms with Gasteiger partial charge < -0.3 is 14.9 Å². The smallest absolute Gasteiger partial charge is 0.226 e. The van der Waals surface area contributed by atoms with Gasteiger partial charge in [0.25, 0.3) is 0 Å². The first-order valence-corrected chi connectivity index (χ1v) is 8.86. The van der Waals surface area contributed by atoms with Gasteiger partial charge in [-0.3, -0.25) is 4.79 Å². The van der Waals surface area contributed by atoms with Crippen molar-refractivity contribution in [2.45, 2.75) is 32.1 Å². The van der Waals surface area contributed by atoms with Crippen LogP contribution in [0.5, 0.6) is 5.75 Å². The van der Waals surface area contributed by atoms with E-state index in [1.807, 2.05) is 31.3 Å². The van der Waals surface area contributed by atoms with E-state index in [0.29, 0.717) is 6.42 Å². The summed E-state index contributed by atoms with van der Waals surface area (Å²) < 4.78 is 0. The number of hydrogen-bond acceptors (Lipinski definition) is 3. The fourth-order valence-corrected chi connectivity index (χ4v) is 3.48. The maximum atomic E-state index is 12.6. The van der Waals surface area contributed by atoms with Crippen molar-refractivity contribution in [2.75, 3.05) is 31.6 Å². The number of carbonyl (C=O) groups excluding carboxylic acids is 1. The van der Waals surface area contributed by atoms with E-state index in [1.165, 1.54) is 32.4 Å². The molecule has 4 nitrogen and oxygen atoms in total. The predicted molar refractivity (Wildman–Crippen MR) is 109 cm³/mol. The Morgan fingerprint density at radius 2 is 1.92 bits per heavy atom. The van der Waals surface area contributed by atoms with E-state index < -0.39 is 0 Å². The Morgan fingerprint density at radius 3 is 2.68 bits per heavy atom. The summed E-state index contributed by atoms with van der Waals surface area (Å²) in [6.07, 6.45) is 5.37. The van der Waals surface area contributed by atoms with Gasteiger partial charge in [0.2, 0.25) is 5.91 Å². The highest BCUT2D eigenvalue weighted by atomic mass is 79.9. The molecule has 3 rings (SSSR count). The second-order valence-corrected chi connectivity index (χ2v) is 6.64. The van der Waals surface area contributed by atoms with E-state index in [1.54, 1.807) is 17.0 Å². The molecule has 0 bridgehead atoms. The molecule has 1 amide bonds. The van der Waals surface area contributed by atoms with Gasteiger partial charge in [-0.15, -0.1) is 17.0 Å². The van der Waals surface area contributed by atoms with Crippen LogP contribution < -0.4 is 4.90 Å². The first-order valence-electron chi connectivity index (χ1n) is 8.86. The first-order chi connectivity index (χ1) is 11.6. The van der Waals surface area contributed by atoms with Gasteiger partial charge in [0.15, 0.2) is 0 Å². The number of halogens is 1. The lowest BCUT2D eigenvalue weighted by molar-refractivity contribution is -0.118. The van der Waals surface area contributed by atoms with E-state index in [9.17, 15) is 9.90 Å². The second kappa shape index (κ2) is 9.20. The average Bonchev–Trinajstić information content (AvgIpc) is 2.61. The quantitative estimate of drug-likeness (QED) is 0.802. The van der Waals surface area contributed by atoms with Crippen LogP contribution in [0.2, 0.25) is 0 Å². The van der Waals surface area contributed by atoms with Gasteiger partial charge in [0.1, 0.15) is 5.75 Å². The molecule has 0 unspecified atom stereocenters. The molecule has 1 aliphatic rings. The van der Waals surface area contributed by atoms with Crippen LogP contribution in [0.25, 0.3) is 10.8 Å². The molecule has 0 atom stereocenters. The Kier molecular flexibility index (Phi) is 7.26. The summed E-state index contributed by atoms with van der Waals surface area (Å²) in [6, 6.07) is 11.2. The van der Waals surface area contributed by atoms with E-state index >= 15 is 0 Å². The van der Waals surface area contributed by atoms with Gasteiger partial charge in [0.05, 0.1) is 5.69 Å². The zero-order chi connectivity index (χ0) is 16.9. The van der Waals surface area contributed by atoms with Crippen LogP contribution in [0.1, 0.15) is 32.1 Å². The molecule has 2 aromatic rings. The number of fused-ring (bicyclic) bond motifs is 1. The van der Waals surface area contributed by atoms with Crippen molar-refractivity contribution < 1.29 is 9.90 Å². The van der Waals surface area contributed by atoms with Crippen molar-refractivity contribution in [3.63, 3.8) is 0 Å². The molecule has 2 aromatic carbocycles. The third kappa shape index (κ3) is 4.95. The number of rotatable bonds is 5. The zero-order valence-electron chi connectivity index (χ0n) is 14.8. The van der Waals surface area contributed by atoms with Crippen molar-refractivity contribution in [1.29, 1.82) is 0 Å². The van der Waals surface area contributed by atoms with Gasteiger partial charge >= 0.3 is 0 Å². The highest BCUT2D eigenvalue weighted by Crippen LogP contribution is 2.29. The van der Waals surface area contributed by atoms with Crippen LogP contribution in [0.15, 0.2) is 36.4 Å². The summed E-state index contributed by atoms with van der Waals surface area (Å²) in [4.78, 5) is 16.7. The minimum atomic E-state index is 0. The van der Waals surface area contributed by atoms with Gasteiger partial charge in [-0.05, 0) is 62.5 Å². The second-order valence-electron chi connectivity index (χ2n) is 6.64. The molecule has 0 aromatic heterocycles. The number of phenols is 1. The van der Waals surface area contributed by atoms with E-state index in [0.717, 1.165) is 29.4 Å². The molecule has 1 aliphatic heterocycles. The predicted octanol–water partition coefficient (Wildman–Crippen LogP) is 4.35. The van der Waals surface area contributed by atoms with Crippen LogP contribution in [0.4, 0.5) is 5.69 Å². The Morgan fingerprint density at radius 1 is 1.16 bits per heavy atom. The van der Waals surface area contributed by atoms with Crippen LogP contribution >= 0.6 is 17.0 Å². The number of likely N-dealkylation sites (tertiary alicyclic amines) is 1. The number of carbonyl (C=O) groups is 1. The number of benzene rings is 2. The molecule has 1 N–H and O–H groups in total. The van der Waals surface area contributed by atoms with E-state index in [-0.39, 0.29) is 28.6 Å². The molecule has 0 aliphatic carbocycles. The molecule has 1 saturated heterocycles. The highest BCUT2D eigenvalue weighted by Gasteiger charge is 2.15. The number of anilines is 1. The summed E-state index contributed by atoms with van der Waals surface area (Å²) in [5.41, 5.74) is 0.853. The maximum absolute atomic E-state index is 12.6. The summed E-state index contributed by atoms with van der Waals surface area (Å²) in [5.74, 6) is 0.351. The van der Waals surface area contributed by atoms with Crippen molar-refractivity contribution in [2.24, 2.45) is 0 Å². The normalized spacial score (nSPS) is 14.9. The van der Waals surface area contributed by atoms with Gasteiger partial charge in [0, 0.05) is 18.9 Å². The molecule has 5 heteroatoms. The number of hydrogen-bond donors (Lipinski definition) is 1. The van der Waals surface area contributed by atoms with Crippen molar-refractivity contribution >= 4 is 39.3 Å². The number of nitrogens with zero attached hydrogens (tertiary/aromatic N) is 2. The summed E-state index contributed by atoms with van der Waals surface area (Å²) in [7, 11) is 1.82. The number of aromatic hydroxyl groups is 1. The van der Waals surface area contributed by atoms with E-state index in [4.69, 9.17) is 0 Å². The summed E-state index contributed by atoms with van der Waals surface area (Å²) in [5, 5.41) is 11.7. The van der Waals surface area contributed by atoms with Gasteiger partial charge in [-0.2, -0.15) is 0 Å². The standard InChI is InChI=1S/C20H26N2O2.BrH/c1-21(20(24)9-6-14-22-12-3-2-4-13-22)19-8-5-7-16-10-11-17(23)15-18(16)19;/h5,7-8,10-11,15,23H,2-4,6,9,12-14H2,1H3;1H. The molecule has 0 saturated carbocycles. The van der Waals surface area contributed by atoms with Crippen LogP contribution in [-0.2, 0) is 4.79 Å². The lowest BCUT2D eigenvalue weighted by atomic mass is 10.1. The average molecular weight is 407 g/mol. The largest absolute Gasteiger partial charge is 0.508 e. The van der Waals surface area contributed by atoms with Gasteiger partial charge in [-0.1, -0.05) is 24.6 Å². The monoisotopic (exact) mass is 406 g/mol. The molecule has 0 spiro atoms. The number of amides is 1. The lowest BCUT2D eigenvalue weighted by Crippen LogP contribution is -2.32. The van der Waals surface area contributed by atoms with E-state index in [2.05, 4.69) is 4.90 Å². The fourth-order valence-electron chi connectivity index (χ4n) is 3.48. The Hall–Kier alpha value is -1.59. The number of piperidine rings is 1. The third-order valence-electron chi connectivity index (χ3n) is 4.89. The number of phenolic OH excluding ortho intramolecular Hbond substituents is 1. The lowest BCUT2D eigenvalue weighted by Gasteiger charge is -2.26. The van der Waals surface area contributed by atoms with Crippen molar-refractivity contribution in [1.82, 2.24) is 4.90 Å². The Labute approximate surface area is 160 Å². The first kappa shape index (κ1) is 19.7. The topological polar surface area (TPSA) is 43.8 Å². The highest BCUT2D eigenvalue weighted by molar-refractivity contribution is 8.93. The van der Waals surface area contributed by atoms with Crippen LogP contribution in [-0.4, -0.2) is 42.6 Å². The molecule has 1 heterocycles. The molecule has 1 fully saturated rings. The van der Waals surface area contributed by atoms with Crippen LogP contribution in [0.3, 0.4) is 0 Å². The molecular weight excluding hydrogens is 380 g/mol.